The minimum absolute atomic E-state index is 0.0893. The Hall–Kier alpha value is -2.91. The van der Waals surface area contributed by atoms with Gasteiger partial charge in [0.25, 0.3) is 0 Å². The molecule has 0 radical (unpaired) electrons. The number of anilines is 3. The van der Waals surface area contributed by atoms with Gasteiger partial charge in [-0.15, -0.1) is 0 Å². The normalized spacial score (nSPS) is 13.8. The smallest absolute Gasteiger partial charge is 0.355 e. The second kappa shape index (κ2) is 8.46. The number of para-hydroxylation sites is 1. The summed E-state index contributed by atoms with van der Waals surface area (Å²) in [6.45, 7) is 1.78. The highest BCUT2D eigenvalue weighted by molar-refractivity contribution is 6.37. The van der Waals surface area contributed by atoms with Gasteiger partial charge in [-0.2, -0.15) is 9.97 Å². The van der Waals surface area contributed by atoms with Gasteiger partial charge in [-0.1, -0.05) is 40.9 Å². The summed E-state index contributed by atoms with van der Waals surface area (Å²) >= 11 is 19.0. The Bertz CT molecular complexity index is 1450. The van der Waals surface area contributed by atoms with Crippen LogP contribution in [0.5, 0.6) is 0 Å². The Morgan fingerprint density at radius 3 is 2.61 bits per heavy atom. The molecule has 0 saturated heterocycles. The predicted octanol–water partition coefficient (Wildman–Crippen LogP) is 4.45. The van der Waals surface area contributed by atoms with Crippen LogP contribution in [0.1, 0.15) is 11.1 Å². The number of fused-ring (bicyclic) bond motifs is 2. The molecule has 8 nitrogen and oxygen atoms in total. The van der Waals surface area contributed by atoms with Gasteiger partial charge in [0.2, 0.25) is 5.95 Å². The maximum absolute atomic E-state index is 12.8. The zero-order valence-electron chi connectivity index (χ0n) is 17.4. The maximum atomic E-state index is 12.8. The van der Waals surface area contributed by atoms with Crippen molar-refractivity contribution in [3.63, 3.8) is 0 Å². The third kappa shape index (κ3) is 4.00. The fourth-order valence-electron chi connectivity index (χ4n) is 3.97. The average Bonchev–Trinajstić information content (AvgIpc) is 2.75. The number of hydrogen-bond donors (Lipinski definition) is 2. The van der Waals surface area contributed by atoms with Crippen molar-refractivity contribution in [1.82, 2.24) is 24.4 Å². The second-order valence-corrected chi connectivity index (χ2v) is 9.05. The Kier molecular flexibility index (Phi) is 5.62. The molecule has 0 atom stereocenters. The number of nitrogens with two attached hydrogens (primary N) is 1. The monoisotopic (exact) mass is 501 g/mol. The van der Waals surface area contributed by atoms with E-state index >= 15 is 0 Å². The van der Waals surface area contributed by atoms with Crippen molar-refractivity contribution < 1.29 is 0 Å². The maximum Gasteiger partial charge on any atom is 0.355 e. The van der Waals surface area contributed by atoms with E-state index in [1.807, 2.05) is 12.1 Å². The van der Waals surface area contributed by atoms with Crippen LogP contribution in [-0.4, -0.2) is 38.0 Å². The first-order chi connectivity index (χ1) is 15.8. The molecule has 0 fully saturated rings. The molecule has 3 heterocycles. The largest absolute Gasteiger partial charge is 0.384 e. The van der Waals surface area contributed by atoms with Crippen LogP contribution in [0.2, 0.25) is 15.1 Å². The minimum Gasteiger partial charge on any atom is -0.384 e. The van der Waals surface area contributed by atoms with E-state index in [1.54, 1.807) is 18.2 Å². The Morgan fingerprint density at radius 2 is 1.85 bits per heavy atom. The van der Waals surface area contributed by atoms with Crippen LogP contribution in [0.25, 0.3) is 16.7 Å². The highest BCUT2D eigenvalue weighted by Crippen LogP contribution is 2.32. The van der Waals surface area contributed by atoms with Crippen LogP contribution < -0.4 is 16.7 Å². The Balaban J connectivity index is 1.55. The molecule has 0 aliphatic carbocycles. The summed E-state index contributed by atoms with van der Waals surface area (Å²) in [5, 5.41) is 4.78. The molecular formula is C22H18Cl3N7O. The van der Waals surface area contributed by atoms with Crippen LogP contribution in [0.4, 0.5) is 17.5 Å². The number of nitrogens with one attached hydrogen (secondary N) is 1. The van der Waals surface area contributed by atoms with Crippen molar-refractivity contribution in [3.8, 4) is 5.69 Å². The van der Waals surface area contributed by atoms with Crippen molar-refractivity contribution in [2.75, 3.05) is 24.6 Å². The quantitative estimate of drug-likeness (QED) is 0.427. The van der Waals surface area contributed by atoms with Crippen LogP contribution in [-0.2, 0) is 13.0 Å². The molecule has 11 heteroatoms. The topological polar surface area (TPSA) is 102 Å². The number of nitrogen functional groups attached to an aromatic ring is 1. The number of benzene rings is 2. The molecule has 3 N–H and O–H groups in total. The molecule has 2 aromatic carbocycles. The molecule has 0 bridgehead atoms. The highest BCUT2D eigenvalue weighted by Gasteiger charge is 2.19. The average molecular weight is 503 g/mol. The minimum atomic E-state index is -0.653. The van der Waals surface area contributed by atoms with Gasteiger partial charge in [0, 0.05) is 30.0 Å². The third-order valence-electron chi connectivity index (χ3n) is 5.57. The van der Waals surface area contributed by atoms with E-state index in [0.29, 0.717) is 10.4 Å². The molecule has 1 aliphatic heterocycles. The first-order valence-corrected chi connectivity index (χ1v) is 11.2. The summed E-state index contributed by atoms with van der Waals surface area (Å²) in [5.41, 5.74) is 9.10. The lowest BCUT2D eigenvalue weighted by atomic mass is 9.99. The van der Waals surface area contributed by atoms with Crippen molar-refractivity contribution in [3.05, 3.63) is 73.2 Å². The summed E-state index contributed by atoms with van der Waals surface area (Å²) in [5.74, 6) is 0.355. The van der Waals surface area contributed by atoms with E-state index in [2.05, 4.69) is 32.2 Å². The lowest BCUT2D eigenvalue weighted by Crippen LogP contribution is -2.26. The molecule has 33 heavy (non-hydrogen) atoms. The fraction of sp³-hybridized carbons (Fsp3) is 0.182. The van der Waals surface area contributed by atoms with Crippen molar-refractivity contribution in [2.45, 2.75) is 13.0 Å². The van der Waals surface area contributed by atoms with Gasteiger partial charge in [-0.05, 0) is 48.9 Å². The zero-order chi connectivity index (χ0) is 23.3. The standard InChI is InChI=1S/C22H18Cl3N7O/c1-31-6-5-13-11(10-31)7-12(8-17(13)25)28-21-27-9-14-19(26)32(22(33)30-20(14)29-21)18-15(23)3-2-4-16(18)24/h2-4,7-9H,5-6,10,26H2,1H3,(H,28,29,30,33). The van der Waals surface area contributed by atoms with Gasteiger partial charge >= 0.3 is 5.69 Å². The van der Waals surface area contributed by atoms with E-state index in [4.69, 9.17) is 40.5 Å². The first kappa shape index (κ1) is 21.9. The number of aromatic nitrogens is 4. The molecule has 168 valence electrons. The van der Waals surface area contributed by atoms with Gasteiger partial charge in [0.1, 0.15) is 5.82 Å². The molecule has 0 spiro atoms. The predicted molar refractivity (Wildman–Crippen MR) is 132 cm³/mol. The van der Waals surface area contributed by atoms with E-state index < -0.39 is 5.69 Å². The number of halogens is 3. The van der Waals surface area contributed by atoms with Gasteiger partial charge < -0.3 is 16.0 Å². The number of likely N-dealkylation sites (N-methyl/N-ethyl adjacent to an activating group) is 1. The van der Waals surface area contributed by atoms with Gasteiger partial charge in [-0.25, -0.2) is 14.3 Å². The summed E-state index contributed by atoms with van der Waals surface area (Å²) in [7, 11) is 2.07. The van der Waals surface area contributed by atoms with Crippen molar-refractivity contribution >= 4 is 63.3 Å². The third-order valence-corrected chi connectivity index (χ3v) is 6.51. The molecular weight excluding hydrogens is 485 g/mol. The summed E-state index contributed by atoms with van der Waals surface area (Å²) in [4.78, 5) is 27.9. The Labute approximate surface area is 203 Å². The van der Waals surface area contributed by atoms with Crippen LogP contribution in [0.3, 0.4) is 0 Å². The Morgan fingerprint density at radius 1 is 1.09 bits per heavy atom. The van der Waals surface area contributed by atoms with Gasteiger partial charge in [0.15, 0.2) is 5.65 Å². The summed E-state index contributed by atoms with van der Waals surface area (Å²) < 4.78 is 1.16. The highest BCUT2D eigenvalue weighted by atomic mass is 35.5. The lowest BCUT2D eigenvalue weighted by Gasteiger charge is -2.26. The molecule has 0 amide bonds. The van der Waals surface area contributed by atoms with E-state index in [1.165, 1.54) is 6.20 Å². The molecule has 2 aromatic heterocycles. The zero-order valence-corrected chi connectivity index (χ0v) is 19.7. The molecule has 0 saturated carbocycles. The lowest BCUT2D eigenvalue weighted by molar-refractivity contribution is 0.313. The summed E-state index contributed by atoms with van der Waals surface area (Å²) in [6, 6.07) is 8.78. The van der Waals surface area contributed by atoms with E-state index in [0.717, 1.165) is 40.9 Å². The SMILES string of the molecule is CN1CCc2c(Cl)cc(Nc3ncc4c(N)n(-c5c(Cl)cccc5Cl)c(=O)nc4n3)cc2C1. The van der Waals surface area contributed by atoms with Crippen molar-refractivity contribution in [1.29, 1.82) is 0 Å². The number of rotatable bonds is 3. The molecule has 0 unspecified atom stereocenters. The van der Waals surface area contributed by atoms with E-state index in [-0.39, 0.29) is 33.1 Å². The second-order valence-electron chi connectivity index (χ2n) is 7.82. The molecule has 5 rings (SSSR count). The van der Waals surface area contributed by atoms with Gasteiger partial charge in [-0.3, -0.25) is 0 Å². The van der Waals surface area contributed by atoms with Crippen molar-refractivity contribution in [2.24, 2.45) is 0 Å². The van der Waals surface area contributed by atoms with Gasteiger partial charge in [0.05, 0.1) is 21.1 Å². The van der Waals surface area contributed by atoms with Crippen LogP contribution >= 0.6 is 34.8 Å². The molecule has 4 aromatic rings. The molecule has 1 aliphatic rings. The van der Waals surface area contributed by atoms with E-state index in [9.17, 15) is 4.79 Å². The first-order valence-electron chi connectivity index (χ1n) is 10.1. The fourth-order valence-corrected chi connectivity index (χ4v) is 4.87. The van der Waals surface area contributed by atoms with Crippen LogP contribution in [0.15, 0.2) is 41.3 Å². The number of nitrogens with zero attached hydrogens (tertiary/aromatic N) is 5. The number of hydrogen-bond acceptors (Lipinski definition) is 7. The van der Waals surface area contributed by atoms with Crippen LogP contribution in [0, 0.1) is 0 Å². The summed E-state index contributed by atoms with van der Waals surface area (Å²) in [6.07, 6.45) is 2.41.